The zero-order chi connectivity index (χ0) is 26.2. The Bertz CT molecular complexity index is 1520. The number of rotatable bonds is 6. The van der Waals surface area contributed by atoms with Crippen LogP contribution in [0.3, 0.4) is 0 Å². The summed E-state index contributed by atoms with van der Waals surface area (Å²) in [6.07, 6.45) is -1.75. The Morgan fingerprint density at radius 1 is 1.05 bits per heavy atom. The largest absolute Gasteiger partial charge is 0.416 e. The summed E-state index contributed by atoms with van der Waals surface area (Å²) in [5.41, 5.74) is -0.392. The van der Waals surface area contributed by atoms with E-state index in [1.54, 1.807) is 30.5 Å². The predicted molar refractivity (Wildman–Crippen MR) is 132 cm³/mol. The number of aromatic nitrogens is 3. The van der Waals surface area contributed by atoms with Crippen molar-refractivity contribution in [2.24, 2.45) is 0 Å². The summed E-state index contributed by atoms with van der Waals surface area (Å²) in [6, 6.07) is 12.5. The van der Waals surface area contributed by atoms with Crippen LogP contribution in [0.2, 0.25) is 5.15 Å². The van der Waals surface area contributed by atoms with E-state index in [-0.39, 0.29) is 21.4 Å². The highest BCUT2D eigenvalue weighted by atomic mass is 35.5. The van der Waals surface area contributed by atoms with Crippen molar-refractivity contribution >= 4 is 38.9 Å². The Kier molecular flexibility index (Phi) is 6.73. The van der Waals surface area contributed by atoms with Crippen LogP contribution in [-0.4, -0.2) is 49.1 Å². The van der Waals surface area contributed by atoms with Gasteiger partial charge in [0.1, 0.15) is 16.4 Å². The second-order valence-corrected chi connectivity index (χ2v) is 10.5. The Labute approximate surface area is 215 Å². The Morgan fingerprint density at radius 2 is 1.84 bits per heavy atom. The molecule has 1 aliphatic heterocycles. The Morgan fingerprint density at radius 3 is 2.51 bits per heavy atom. The minimum absolute atomic E-state index is 0.00375. The number of imidazole rings is 1. The van der Waals surface area contributed by atoms with E-state index in [1.165, 1.54) is 28.8 Å². The number of alkyl halides is 3. The van der Waals surface area contributed by atoms with Crippen molar-refractivity contribution in [2.45, 2.75) is 17.6 Å². The average molecular weight is 552 g/mol. The third kappa shape index (κ3) is 5.09. The van der Waals surface area contributed by atoms with Gasteiger partial charge in [-0.1, -0.05) is 29.8 Å². The van der Waals surface area contributed by atoms with Crippen molar-refractivity contribution < 1.29 is 26.3 Å². The summed E-state index contributed by atoms with van der Waals surface area (Å²) in [7, 11) is -4.33. The first-order valence-electron chi connectivity index (χ1n) is 11.2. The van der Waals surface area contributed by atoms with Crippen LogP contribution in [0.15, 0.2) is 71.9 Å². The van der Waals surface area contributed by atoms with Gasteiger partial charge in [-0.2, -0.15) is 13.2 Å². The van der Waals surface area contributed by atoms with Gasteiger partial charge in [-0.15, -0.1) is 0 Å². The maximum atomic E-state index is 13.9. The van der Waals surface area contributed by atoms with E-state index in [9.17, 15) is 21.6 Å². The van der Waals surface area contributed by atoms with Crippen molar-refractivity contribution in [1.82, 2.24) is 14.4 Å². The van der Waals surface area contributed by atoms with Gasteiger partial charge in [0.2, 0.25) is 0 Å². The van der Waals surface area contributed by atoms with Crippen molar-refractivity contribution in [3.63, 3.8) is 0 Å². The number of nitrogens with zero attached hydrogens (tertiary/aromatic N) is 5. The molecule has 1 fully saturated rings. The molecule has 0 unspecified atom stereocenters. The highest BCUT2D eigenvalue weighted by Crippen LogP contribution is 2.34. The lowest BCUT2D eigenvalue weighted by atomic mass is 10.1. The average Bonchev–Trinajstić information content (AvgIpc) is 3.23. The standard InChI is InChI=1S/C24H21ClF3N5O3S/c25-22-23(30-21-6-1-2-9-32(21)22)33(16-17-4-3-5-18(14-17)24(26,27)28)37(34,35)19-7-8-20(29-15-19)31-10-12-36-13-11-31/h1-9,14-15H,10-13,16H2. The molecule has 0 spiro atoms. The smallest absolute Gasteiger partial charge is 0.378 e. The molecule has 1 aromatic carbocycles. The van der Waals surface area contributed by atoms with E-state index in [2.05, 4.69) is 9.97 Å². The molecule has 13 heteroatoms. The lowest BCUT2D eigenvalue weighted by Gasteiger charge is -2.28. The Balaban J connectivity index is 1.57. The number of halogens is 4. The van der Waals surface area contributed by atoms with Gasteiger partial charge in [0.15, 0.2) is 11.0 Å². The number of fused-ring (bicyclic) bond motifs is 1. The van der Waals surface area contributed by atoms with Gasteiger partial charge >= 0.3 is 6.18 Å². The van der Waals surface area contributed by atoms with E-state index in [0.29, 0.717) is 37.8 Å². The zero-order valence-electron chi connectivity index (χ0n) is 19.3. The first kappa shape index (κ1) is 25.3. The zero-order valence-corrected chi connectivity index (χ0v) is 20.8. The first-order valence-corrected chi connectivity index (χ1v) is 13.1. The summed E-state index contributed by atoms with van der Waals surface area (Å²) in [5.74, 6) is 0.486. The number of hydrogen-bond acceptors (Lipinski definition) is 6. The lowest BCUT2D eigenvalue weighted by molar-refractivity contribution is -0.137. The molecule has 1 saturated heterocycles. The molecule has 0 saturated carbocycles. The number of hydrogen-bond donors (Lipinski definition) is 0. The third-order valence-corrected chi connectivity index (χ3v) is 7.99. The van der Waals surface area contributed by atoms with Crippen molar-refractivity contribution in [2.75, 3.05) is 35.5 Å². The van der Waals surface area contributed by atoms with Crippen LogP contribution in [0, 0.1) is 0 Å². The summed E-state index contributed by atoms with van der Waals surface area (Å²) in [4.78, 5) is 10.5. The molecule has 37 heavy (non-hydrogen) atoms. The van der Waals surface area contributed by atoms with E-state index in [4.69, 9.17) is 16.3 Å². The summed E-state index contributed by atoms with van der Waals surface area (Å²) < 4.78 is 75.5. The maximum Gasteiger partial charge on any atom is 0.416 e. The van der Waals surface area contributed by atoms with Crippen molar-refractivity contribution in [1.29, 1.82) is 0 Å². The second kappa shape index (κ2) is 9.84. The summed E-state index contributed by atoms with van der Waals surface area (Å²) in [6.45, 7) is 1.90. The molecule has 0 amide bonds. The molecule has 0 radical (unpaired) electrons. The van der Waals surface area contributed by atoms with Gasteiger partial charge < -0.3 is 9.64 Å². The third-order valence-electron chi connectivity index (χ3n) is 5.92. The van der Waals surface area contributed by atoms with Crippen LogP contribution < -0.4 is 9.21 Å². The topological polar surface area (TPSA) is 80.0 Å². The van der Waals surface area contributed by atoms with Crippen LogP contribution in [-0.2, 0) is 27.5 Å². The summed E-state index contributed by atoms with van der Waals surface area (Å²) >= 11 is 6.52. The molecule has 4 heterocycles. The fourth-order valence-corrected chi connectivity index (χ4v) is 5.72. The number of benzene rings is 1. The SMILES string of the molecule is O=S(=O)(c1ccc(N2CCOCC2)nc1)N(Cc1cccc(C(F)(F)F)c1)c1nc2ccccn2c1Cl. The molecule has 4 aromatic rings. The minimum atomic E-state index is -4.58. The fourth-order valence-electron chi connectivity index (χ4n) is 4.03. The van der Waals surface area contributed by atoms with E-state index < -0.39 is 28.3 Å². The van der Waals surface area contributed by atoms with Gasteiger partial charge in [-0.25, -0.2) is 22.7 Å². The number of morpholine rings is 1. The van der Waals surface area contributed by atoms with Crippen LogP contribution in [0.1, 0.15) is 11.1 Å². The quantitative estimate of drug-likeness (QED) is 0.347. The van der Waals surface area contributed by atoms with E-state index in [1.807, 2.05) is 4.90 Å². The molecule has 0 aliphatic carbocycles. The highest BCUT2D eigenvalue weighted by Gasteiger charge is 2.33. The van der Waals surface area contributed by atoms with Gasteiger partial charge in [0, 0.05) is 25.5 Å². The van der Waals surface area contributed by atoms with Crippen LogP contribution in [0.5, 0.6) is 0 Å². The van der Waals surface area contributed by atoms with Gasteiger partial charge in [0.25, 0.3) is 10.0 Å². The highest BCUT2D eigenvalue weighted by molar-refractivity contribution is 7.92. The summed E-state index contributed by atoms with van der Waals surface area (Å²) in [5, 5.41) is 0.00375. The molecular formula is C24H21ClF3N5O3S. The molecule has 8 nitrogen and oxygen atoms in total. The first-order chi connectivity index (χ1) is 17.6. The maximum absolute atomic E-state index is 13.9. The predicted octanol–water partition coefficient (Wildman–Crippen LogP) is 4.63. The van der Waals surface area contributed by atoms with Crippen LogP contribution in [0.25, 0.3) is 5.65 Å². The van der Waals surface area contributed by atoms with Gasteiger partial charge in [0.05, 0.1) is 25.3 Å². The minimum Gasteiger partial charge on any atom is -0.378 e. The molecule has 0 bridgehead atoms. The number of anilines is 2. The number of pyridine rings is 2. The fraction of sp³-hybridized carbons (Fsp3) is 0.250. The van der Waals surface area contributed by atoms with Crippen LogP contribution >= 0.6 is 11.6 Å². The van der Waals surface area contributed by atoms with Crippen molar-refractivity contribution in [3.05, 3.63) is 83.3 Å². The molecule has 0 atom stereocenters. The van der Waals surface area contributed by atoms with E-state index >= 15 is 0 Å². The normalized spacial score (nSPS) is 14.8. The molecular weight excluding hydrogens is 531 g/mol. The molecule has 5 rings (SSSR count). The Hall–Kier alpha value is -3.35. The number of ether oxygens (including phenoxy) is 1. The molecule has 0 N–H and O–H groups in total. The van der Waals surface area contributed by atoms with Crippen LogP contribution in [0.4, 0.5) is 24.8 Å². The van der Waals surface area contributed by atoms with E-state index in [0.717, 1.165) is 16.4 Å². The van der Waals surface area contributed by atoms with Crippen molar-refractivity contribution in [3.8, 4) is 0 Å². The molecule has 3 aromatic heterocycles. The molecule has 1 aliphatic rings. The molecule has 194 valence electrons. The second-order valence-electron chi connectivity index (χ2n) is 8.32. The monoisotopic (exact) mass is 551 g/mol. The van der Waals surface area contributed by atoms with Gasteiger partial charge in [-0.3, -0.25) is 4.40 Å². The lowest BCUT2D eigenvalue weighted by Crippen LogP contribution is -2.36. The number of sulfonamides is 1. The van der Waals surface area contributed by atoms with Gasteiger partial charge in [-0.05, 0) is 42.0 Å².